The third-order valence-electron chi connectivity index (χ3n) is 2.93. The number of hydrogen-bond donors (Lipinski definition) is 0. The molecule has 1 fully saturated rings. The van der Waals surface area contributed by atoms with Gasteiger partial charge >= 0.3 is 0 Å². The topological polar surface area (TPSA) is 29.5 Å². The number of carbonyl (C=O) groups is 1. The molecular formula is C13H15F2NO2. The van der Waals surface area contributed by atoms with E-state index in [1.54, 1.807) is 0 Å². The van der Waals surface area contributed by atoms with Crippen LogP contribution in [0.1, 0.15) is 17.3 Å². The lowest BCUT2D eigenvalue weighted by atomic mass is 10.1. The Hall–Kier alpha value is -1.33. The zero-order chi connectivity index (χ0) is 13.1. The van der Waals surface area contributed by atoms with Crippen molar-refractivity contribution in [3.63, 3.8) is 0 Å². The van der Waals surface area contributed by atoms with Gasteiger partial charge in [0.05, 0.1) is 24.8 Å². The van der Waals surface area contributed by atoms with Gasteiger partial charge in [-0.2, -0.15) is 0 Å². The molecule has 0 bridgehead atoms. The van der Waals surface area contributed by atoms with Crippen molar-refractivity contribution >= 4 is 5.78 Å². The molecule has 0 N–H and O–H groups in total. The molecule has 1 aromatic rings. The van der Waals surface area contributed by atoms with Crippen molar-refractivity contribution < 1.29 is 18.3 Å². The lowest BCUT2D eigenvalue weighted by Gasteiger charge is -2.30. The summed E-state index contributed by atoms with van der Waals surface area (Å²) in [6.45, 7) is 3.66. The van der Waals surface area contributed by atoms with E-state index in [2.05, 4.69) is 0 Å². The van der Waals surface area contributed by atoms with Crippen LogP contribution in [-0.2, 0) is 4.74 Å². The van der Waals surface area contributed by atoms with Gasteiger partial charge in [-0.15, -0.1) is 0 Å². The number of morpholine rings is 1. The Kier molecular flexibility index (Phi) is 4.04. The van der Waals surface area contributed by atoms with Gasteiger partial charge in [-0.1, -0.05) is 6.07 Å². The Morgan fingerprint density at radius 1 is 1.44 bits per heavy atom. The monoisotopic (exact) mass is 255 g/mol. The van der Waals surface area contributed by atoms with Gasteiger partial charge in [-0.05, 0) is 19.1 Å². The SMILES string of the molecule is CC1CN(CC(=O)c2c(F)cccc2F)CCO1. The van der Waals surface area contributed by atoms with E-state index in [1.807, 2.05) is 11.8 Å². The Bertz CT molecular complexity index is 430. The zero-order valence-corrected chi connectivity index (χ0v) is 10.2. The van der Waals surface area contributed by atoms with Crippen LogP contribution < -0.4 is 0 Å². The van der Waals surface area contributed by atoms with E-state index in [0.717, 1.165) is 12.1 Å². The van der Waals surface area contributed by atoms with E-state index in [4.69, 9.17) is 4.74 Å². The van der Waals surface area contributed by atoms with Crippen LogP contribution in [-0.4, -0.2) is 43.0 Å². The maximum Gasteiger partial charge on any atom is 0.182 e. The number of ketones is 1. The molecule has 98 valence electrons. The average Bonchev–Trinajstić information content (AvgIpc) is 2.28. The van der Waals surface area contributed by atoms with Crippen molar-refractivity contribution in [2.24, 2.45) is 0 Å². The highest BCUT2D eigenvalue weighted by Crippen LogP contribution is 2.14. The first kappa shape index (κ1) is 13.1. The van der Waals surface area contributed by atoms with Gasteiger partial charge in [0.1, 0.15) is 11.6 Å². The quantitative estimate of drug-likeness (QED) is 0.772. The number of nitrogens with zero attached hydrogens (tertiary/aromatic N) is 1. The van der Waals surface area contributed by atoms with Gasteiger partial charge in [-0.25, -0.2) is 8.78 Å². The molecule has 0 saturated carbocycles. The number of Topliss-reactive ketones (excluding diaryl/α,β-unsaturated/α-hetero) is 1. The number of hydrogen-bond acceptors (Lipinski definition) is 3. The highest BCUT2D eigenvalue weighted by molar-refractivity contribution is 5.98. The smallest absolute Gasteiger partial charge is 0.182 e. The summed E-state index contributed by atoms with van der Waals surface area (Å²) in [5, 5.41) is 0. The second-order valence-electron chi connectivity index (χ2n) is 4.44. The van der Waals surface area contributed by atoms with Gasteiger partial charge < -0.3 is 4.74 Å². The van der Waals surface area contributed by atoms with Crippen LogP contribution in [0.2, 0.25) is 0 Å². The molecule has 1 aliphatic rings. The Morgan fingerprint density at radius 2 is 2.11 bits per heavy atom. The first-order chi connectivity index (χ1) is 8.58. The van der Waals surface area contributed by atoms with Crippen molar-refractivity contribution in [3.05, 3.63) is 35.4 Å². The van der Waals surface area contributed by atoms with E-state index in [-0.39, 0.29) is 12.6 Å². The van der Waals surface area contributed by atoms with E-state index < -0.39 is 23.0 Å². The lowest BCUT2D eigenvalue weighted by molar-refractivity contribution is -0.0159. The summed E-state index contributed by atoms with van der Waals surface area (Å²) in [5.41, 5.74) is -0.448. The molecule has 1 aliphatic heterocycles. The third kappa shape index (κ3) is 2.91. The lowest BCUT2D eigenvalue weighted by Crippen LogP contribution is -2.43. The summed E-state index contributed by atoms with van der Waals surface area (Å²) >= 11 is 0. The van der Waals surface area contributed by atoms with Gasteiger partial charge in [-0.3, -0.25) is 9.69 Å². The van der Waals surface area contributed by atoms with Crippen LogP contribution in [0.15, 0.2) is 18.2 Å². The third-order valence-corrected chi connectivity index (χ3v) is 2.93. The fraction of sp³-hybridized carbons (Fsp3) is 0.462. The molecule has 1 heterocycles. The van der Waals surface area contributed by atoms with Gasteiger partial charge in [0.2, 0.25) is 0 Å². The molecule has 3 nitrogen and oxygen atoms in total. The van der Waals surface area contributed by atoms with Crippen molar-refractivity contribution in [2.75, 3.05) is 26.2 Å². The Balaban J connectivity index is 2.07. The van der Waals surface area contributed by atoms with Gasteiger partial charge in [0, 0.05) is 13.1 Å². The van der Waals surface area contributed by atoms with E-state index >= 15 is 0 Å². The molecule has 1 unspecified atom stereocenters. The van der Waals surface area contributed by atoms with Crippen LogP contribution in [0, 0.1) is 11.6 Å². The summed E-state index contributed by atoms with van der Waals surface area (Å²) in [4.78, 5) is 13.7. The van der Waals surface area contributed by atoms with Crippen LogP contribution >= 0.6 is 0 Å². The molecule has 18 heavy (non-hydrogen) atoms. The predicted molar refractivity (Wildman–Crippen MR) is 62.5 cm³/mol. The van der Waals surface area contributed by atoms with Crippen molar-refractivity contribution in [2.45, 2.75) is 13.0 Å². The summed E-state index contributed by atoms with van der Waals surface area (Å²) < 4.78 is 32.2. The molecule has 1 atom stereocenters. The summed E-state index contributed by atoms with van der Waals surface area (Å²) in [5.74, 6) is -2.14. The largest absolute Gasteiger partial charge is 0.376 e. The molecule has 0 spiro atoms. The van der Waals surface area contributed by atoms with Crippen LogP contribution in [0.5, 0.6) is 0 Å². The minimum absolute atomic E-state index is 0.0194. The first-order valence-electron chi connectivity index (χ1n) is 5.89. The van der Waals surface area contributed by atoms with Crippen molar-refractivity contribution in [3.8, 4) is 0 Å². The number of halogens is 2. The second-order valence-corrected chi connectivity index (χ2v) is 4.44. The number of benzene rings is 1. The average molecular weight is 255 g/mol. The van der Waals surface area contributed by atoms with Crippen LogP contribution in [0.3, 0.4) is 0 Å². The van der Waals surface area contributed by atoms with E-state index in [1.165, 1.54) is 6.07 Å². The number of ether oxygens (including phenoxy) is 1. The van der Waals surface area contributed by atoms with Gasteiger partial charge in [0.25, 0.3) is 0 Å². The Labute approximate surface area is 104 Å². The summed E-state index contributed by atoms with van der Waals surface area (Å²) in [6, 6.07) is 3.44. The molecule has 2 rings (SSSR count). The van der Waals surface area contributed by atoms with Crippen molar-refractivity contribution in [1.82, 2.24) is 4.90 Å². The predicted octanol–water partition coefficient (Wildman–Crippen LogP) is 1.87. The molecule has 5 heteroatoms. The minimum Gasteiger partial charge on any atom is -0.376 e. The Morgan fingerprint density at radius 3 is 2.72 bits per heavy atom. The van der Waals surface area contributed by atoms with Gasteiger partial charge in [0.15, 0.2) is 5.78 Å². The van der Waals surface area contributed by atoms with Crippen LogP contribution in [0.25, 0.3) is 0 Å². The minimum atomic E-state index is -0.804. The van der Waals surface area contributed by atoms with Crippen molar-refractivity contribution in [1.29, 1.82) is 0 Å². The number of carbonyl (C=O) groups excluding carboxylic acids is 1. The molecule has 1 saturated heterocycles. The van der Waals surface area contributed by atoms with E-state index in [9.17, 15) is 13.6 Å². The maximum atomic E-state index is 13.4. The molecule has 0 aliphatic carbocycles. The standard InChI is InChI=1S/C13H15F2NO2/c1-9-7-16(5-6-18-9)8-12(17)13-10(14)3-2-4-11(13)15/h2-4,9H,5-8H2,1H3. The fourth-order valence-corrected chi connectivity index (χ4v) is 2.08. The second kappa shape index (κ2) is 5.54. The molecule has 0 amide bonds. The highest BCUT2D eigenvalue weighted by atomic mass is 19.1. The summed E-state index contributed by atoms with van der Waals surface area (Å²) in [6.07, 6.45) is 0.0389. The summed E-state index contributed by atoms with van der Waals surface area (Å²) in [7, 11) is 0. The zero-order valence-electron chi connectivity index (χ0n) is 10.2. The maximum absolute atomic E-state index is 13.4. The first-order valence-corrected chi connectivity index (χ1v) is 5.89. The highest BCUT2D eigenvalue weighted by Gasteiger charge is 2.23. The number of rotatable bonds is 3. The normalized spacial score (nSPS) is 20.9. The van der Waals surface area contributed by atoms with E-state index in [0.29, 0.717) is 19.7 Å². The molecular weight excluding hydrogens is 240 g/mol. The van der Waals surface area contributed by atoms with Crippen LogP contribution in [0.4, 0.5) is 8.78 Å². The molecule has 1 aromatic carbocycles. The molecule has 0 radical (unpaired) electrons. The fourth-order valence-electron chi connectivity index (χ4n) is 2.08. The molecule has 0 aromatic heterocycles.